The molecule has 0 aromatic heterocycles. The highest BCUT2D eigenvalue weighted by molar-refractivity contribution is 5.70. The lowest BCUT2D eigenvalue weighted by Gasteiger charge is -2.34. The molecule has 0 heterocycles. The third-order valence-corrected chi connectivity index (χ3v) is 8.59. The van der Waals surface area contributed by atoms with Crippen molar-refractivity contribution in [1.29, 1.82) is 0 Å². The fraction of sp³-hybridized carbons (Fsp3) is 0.780. The SMILES string of the molecule is CCCCCCC/C=C/C=C/C=C/CCCCCCCC(=O)OC(COCCC(C(=O)[O-])[N+](C)(C)C)COC(=O)CCCCCCCCC. The molecule has 2 unspecified atom stereocenters. The number of carbonyl (C=O) groups is 3. The lowest BCUT2D eigenvalue weighted by molar-refractivity contribution is -0.889. The Bertz CT molecular complexity index is 906. The highest BCUT2D eigenvalue weighted by Gasteiger charge is 2.25. The number of carboxylic acids is 1. The van der Waals surface area contributed by atoms with E-state index in [2.05, 4.69) is 50.3 Å². The van der Waals surface area contributed by atoms with E-state index in [1.54, 1.807) is 21.1 Å². The monoisotopic (exact) mass is 692 g/mol. The van der Waals surface area contributed by atoms with Crippen molar-refractivity contribution in [2.45, 2.75) is 167 Å². The number of hydrogen-bond donors (Lipinski definition) is 0. The maximum atomic E-state index is 12.6. The number of carboxylic acid groups (broad SMARTS) is 1. The van der Waals surface area contributed by atoms with Crippen molar-refractivity contribution in [2.24, 2.45) is 0 Å². The second-order valence-corrected chi connectivity index (χ2v) is 14.2. The van der Waals surface area contributed by atoms with Crippen LogP contribution in [0.5, 0.6) is 0 Å². The van der Waals surface area contributed by atoms with Crippen molar-refractivity contribution in [3.05, 3.63) is 36.5 Å². The van der Waals surface area contributed by atoms with Crippen LogP contribution in [-0.2, 0) is 28.6 Å². The largest absolute Gasteiger partial charge is 0.544 e. The van der Waals surface area contributed by atoms with Gasteiger partial charge in [0, 0.05) is 19.3 Å². The Morgan fingerprint density at radius 1 is 0.612 bits per heavy atom. The topological polar surface area (TPSA) is 102 Å². The van der Waals surface area contributed by atoms with Crippen LogP contribution in [0.4, 0.5) is 0 Å². The number of rotatable bonds is 34. The van der Waals surface area contributed by atoms with Gasteiger partial charge in [-0.3, -0.25) is 9.59 Å². The molecule has 0 saturated carbocycles. The number of nitrogens with zero attached hydrogens (tertiary/aromatic N) is 1. The molecule has 0 fully saturated rings. The Hall–Kier alpha value is -2.45. The summed E-state index contributed by atoms with van der Waals surface area (Å²) in [6.45, 7) is 4.56. The Balaban J connectivity index is 4.39. The van der Waals surface area contributed by atoms with Gasteiger partial charge in [-0.15, -0.1) is 0 Å². The first-order chi connectivity index (χ1) is 23.6. The van der Waals surface area contributed by atoms with Crippen LogP contribution in [0, 0.1) is 0 Å². The Morgan fingerprint density at radius 3 is 1.57 bits per heavy atom. The lowest BCUT2D eigenvalue weighted by Crippen LogP contribution is -2.55. The smallest absolute Gasteiger partial charge is 0.306 e. The van der Waals surface area contributed by atoms with Crippen LogP contribution in [0.1, 0.15) is 155 Å². The summed E-state index contributed by atoms with van der Waals surface area (Å²) in [5.41, 5.74) is 0. The van der Waals surface area contributed by atoms with Gasteiger partial charge in [-0.1, -0.05) is 134 Å². The van der Waals surface area contributed by atoms with Crippen molar-refractivity contribution in [2.75, 3.05) is 41.0 Å². The summed E-state index contributed by atoms with van der Waals surface area (Å²) in [7, 11) is 5.38. The van der Waals surface area contributed by atoms with Gasteiger partial charge < -0.3 is 28.6 Å². The van der Waals surface area contributed by atoms with Crippen molar-refractivity contribution in [1.82, 2.24) is 0 Å². The van der Waals surface area contributed by atoms with E-state index in [9.17, 15) is 19.5 Å². The number of unbranched alkanes of at least 4 members (excludes halogenated alkanes) is 16. The summed E-state index contributed by atoms with van der Waals surface area (Å²) < 4.78 is 17.0. The number of carbonyl (C=O) groups excluding carboxylic acids is 3. The molecule has 0 spiro atoms. The first-order valence-electron chi connectivity index (χ1n) is 19.5. The fourth-order valence-corrected chi connectivity index (χ4v) is 5.48. The molecule has 0 aliphatic heterocycles. The van der Waals surface area contributed by atoms with E-state index in [4.69, 9.17) is 14.2 Å². The molecule has 0 amide bonds. The van der Waals surface area contributed by atoms with Crippen molar-refractivity contribution < 1.29 is 38.2 Å². The lowest BCUT2D eigenvalue weighted by atomic mass is 10.1. The number of hydrogen-bond acceptors (Lipinski definition) is 7. The van der Waals surface area contributed by atoms with Gasteiger partial charge in [0.1, 0.15) is 12.6 Å². The van der Waals surface area contributed by atoms with E-state index in [0.29, 0.717) is 12.8 Å². The molecular weight excluding hydrogens is 618 g/mol. The van der Waals surface area contributed by atoms with Crippen LogP contribution in [0.2, 0.25) is 0 Å². The number of esters is 2. The van der Waals surface area contributed by atoms with Gasteiger partial charge in [0.15, 0.2) is 6.10 Å². The summed E-state index contributed by atoms with van der Waals surface area (Å²) in [6, 6.07) is -0.726. The summed E-state index contributed by atoms with van der Waals surface area (Å²) in [5, 5.41) is 11.6. The molecule has 0 aliphatic rings. The second kappa shape index (κ2) is 32.7. The van der Waals surface area contributed by atoms with Gasteiger partial charge in [-0.05, 0) is 38.5 Å². The zero-order valence-electron chi connectivity index (χ0n) is 32.1. The average Bonchev–Trinajstić information content (AvgIpc) is 3.05. The van der Waals surface area contributed by atoms with Gasteiger partial charge in [-0.25, -0.2) is 0 Å². The van der Waals surface area contributed by atoms with Gasteiger partial charge >= 0.3 is 11.9 Å². The molecule has 0 aromatic carbocycles. The highest BCUT2D eigenvalue weighted by Crippen LogP contribution is 2.12. The minimum Gasteiger partial charge on any atom is -0.544 e. The molecule has 0 bridgehead atoms. The normalized spacial score (nSPS) is 13.4. The van der Waals surface area contributed by atoms with E-state index >= 15 is 0 Å². The second-order valence-electron chi connectivity index (χ2n) is 14.2. The van der Waals surface area contributed by atoms with Crippen LogP contribution in [-0.4, -0.2) is 75.5 Å². The number of ether oxygens (including phenoxy) is 3. The molecular formula is C41H73NO7. The zero-order valence-corrected chi connectivity index (χ0v) is 32.1. The van der Waals surface area contributed by atoms with E-state index in [1.165, 1.54) is 57.8 Å². The van der Waals surface area contributed by atoms with Crippen LogP contribution in [0.25, 0.3) is 0 Å². The maximum absolute atomic E-state index is 12.6. The van der Waals surface area contributed by atoms with E-state index < -0.39 is 18.1 Å². The van der Waals surface area contributed by atoms with E-state index in [0.717, 1.165) is 64.2 Å². The van der Waals surface area contributed by atoms with Gasteiger partial charge in [0.25, 0.3) is 0 Å². The quantitative estimate of drug-likeness (QED) is 0.0288. The number of quaternary nitrogens is 1. The van der Waals surface area contributed by atoms with E-state index in [-0.39, 0.29) is 42.7 Å². The van der Waals surface area contributed by atoms with Gasteiger partial charge in [0.05, 0.1) is 40.3 Å². The maximum Gasteiger partial charge on any atom is 0.306 e. The van der Waals surface area contributed by atoms with Gasteiger partial charge in [0.2, 0.25) is 0 Å². The minimum absolute atomic E-state index is 0.0332. The number of allylic oxidation sites excluding steroid dienone is 6. The van der Waals surface area contributed by atoms with Crippen LogP contribution >= 0.6 is 0 Å². The first kappa shape index (κ1) is 46.5. The summed E-state index contributed by atoms with van der Waals surface area (Å²) in [4.78, 5) is 36.5. The molecule has 49 heavy (non-hydrogen) atoms. The summed E-state index contributed by atoms with van der Waals surface area (Å²) >= 11 is 0. The van der Waals surface area contributed by atoms with Gasteiger partial charge in [-0.2, -0.15) is 0 Å². The Kier molecular flexibility index (Phi) is 31.1. The van der Waals surface area contributed by atoms with Crippen molar-refractivity contribution in [3.8, 4) is 0 Å². The number of likely N-dealkylation sites (N-methyl/N-ethyl adjacent to an activating group) is 1. The summed E-state index contributed by atoms with van der Waals surface area (Å²) in [6.07, 6.45) is 34.6. The average molecular weight is 692 g/mol. The molecule has 2 atom stereocenters. The summed E-state index contributed by atoms with van der Waals surface area (Å²) in [5.74, 6) is -1.77. The first-order valence-corrected chi connectivity index (χ1v) is 19.5. The van der Waals surface area contributed by atoms with Crippen molar-refractivity contribution >= 4 is 17.9 Å². The number of aliphatic carboxylic acids is 1. The molecule has 8 heteroatoms. The molecule has 0 N–H and O–H groups in total. The molecule has 8 nitrogen and oxygen atoms in total. The predicted octanol–water partition coefficient (Wildman–Crippen LogP) is 8.57. The van der Waals surface area contributed by atoms with E-state index in [1.807, 2.05) is 0 Å². The molecule has 284 valence electrons. The zero-order chi connectivity index (χ0) is 36.4. The Labute approximate surface area is 300 Å². The molecule has 0 aliphatic carbocycles. The molecule has 0 saturated heterocycles. The van der Waals surface area contributed by atoms with Crippen LogP contribution in [0.3, 0.4) is 0 Å². The minimum atomic E-state index is -1.13. The highest BCUT2D eigenvalue weighted by atomic mass is 16.6. The standard InChI is InChI=1S/C41H73NO7/c1-6-8-10-12-14-15-16-17-18-19-20-21-22-23-24-26-28-30-32-40(44)49-37(35-47-34-33-38(41(45)46)42(3,4)5)36-48-39(43)31-29-27-25-13-11-9-7-2/h16-21,37-38H,6-15,22-36H2,1-5H3/b17-16+,19-18+,21-20+. The van der Waals surface area contributed by atoms with Crippen LogP contribution in [0.15, 0.2) is 36.5 Å². The molecule has 0 rings (SSSR count). The third-order valence-electron chi connectivity index (χ3n) is 8.59. The van der Waals surface area contributed by atoms with Crippen molar-refractivity contribution in [3.63, 3.8) is 0 Å². The van der Waals surface area contributed by atoms with Crippen LogP contribution < -0.4 is 5.11 Å². The molecule has 0 aromatic rings. The fourth-order valence-electron chi connectivity index (χ4n) is 5.48. The Morgan fingerprint density at radius 2 is 1.08 bits per heavy atom. The third kappa shape index (κ3) is 31.3. The predicted molar refractivity (Wildman–Crippen MR) is 199 cm³/mol. The molecule has 0 radical (unpaired) electrons.